The summed E-state index contributed by atoms with van der Waals surface area (Å²) in [6.45, 7) is 0. The maximum Gasteiger partial charge on any atom is 0.295 e. The molecule has 0 saturated carbocycles. The molecule has 0 aliphatic carbocycles. The SMILES string of the molecule is O=C(N=Nc1[nH]c(NNC(=O)c2ccccc2)c2ccccc12)c1ccccc1. The quantitative estimate of drug-likeness (QED) is 0.339. The lowest BCUT2D eigenvalue weighted by Crippen LogP contribution is -2.29. The summed E-state index contributed by atoms with van der Waals surface area (Å²) in [5.41, 5.74) is 6.53. The predicted octanol–water partition coefficient (Wildman–Crippen LogP) is 4.85. The number of hydrazine groups is 1. The largest absolute Gasteiger partial charge is 0.323 e. The number of azo groups is 1. The number of H-pyrrole nitrogens is 1. The van der Waals surface area contributed by atoms with Crippen LogP contribution in [0.4, 0.5) is 11.6 Å². The van der Waals surface area contributed by atoms with Gasteiger partial charge in [0.05, 0.1) is 0 Å². The van der Waals surface area contributed by atoms with Crippen LogP contribution in [0.5, 0.6) is 0 Å². The van der Waals surface area contributed by atoms with Gasteiger partial charge in [0.1, 0.15) is 5.82 Å². The second-order valence-electron chi connectivity index (χ2n) is 6.21. The Morgan fingerprint density at radius 3 is 2.00 bits per heavy atom. The molecule has 3 aromatic carbocycles. The number of carbonyl (C=O) groups is 2. The van der Waals surface area contributed by atoms with E-state index >= 15 is 0 Å². The fourth-order valence-electron chi connectivity index (χ4n) is 2.85. The van der Waals surface area contributed by atoms with Crippen molar-refractivity contribution in [1.29, 1.82) is 0 Å². The van der Waals surface area contributed by atoms with E-state index in [0.29, 0.717) is 22.8 Å². The number of nitrogens with one attached hydrogen (secondary N) is 3. The predicted molar refractivity (Wildman–Crippen MR) is 111 cm³/mol. The molecule has 4 aromatic rings. The highest BCUT2D eigenvalue weighted by atomic mass is 16.2. The van der Waals surface area contributed by atoms with Gasteiger partial charge in [-0.05, 0) is 24.3 Å². The standard InChI is InChI=1S/C22H17N5O2/c28-21(15-9-3-1-4-10-15)26-24-19-17-13-7-8-14-18(17)20(23-19)25-27-22(29)16-11-5-2-6-12-16/h1-14,23-24H,(H,26,28). The van der Waals surface area contributed by atoms with Gasteiger partial charge >= 0.3 is 0 Å². The Hall–Kier alpha value is -4.26. The van der Waals surface area contributed by atoms with Gasteiger partial charge in [0.15, 0.2) is 5.82 Å². The fraction of sp³-hybridized carbons (Fsp3) is 0. The van der Waals surface area contributed by atoms with Crippen LogP contribution < -0.4 is 10.9 Å². The molecule has 0 radical (unpaired) electrons. The zero-order valence-electron chi connectivity index (χ0n) is 15.3. The molecule has 0 atom stereocenters. The molecule has 2 amide bonds. The number of amides is 2. The molecule has 0 fully saturated rings. The van der Waals surface area contributed by atoms with Crippen LogP contribution in [0.1, 0.15) is 20.7 Å². The molecule has 0 aliphatic rings. The topological polar surface area (TPSA) is 98.7 Å². The number of anilines is 1. The Morgan fingerprint density at radius 1 is 0.724 bits per heavy atom. The molecule has 29 heavy (non-hydrogen) atoms. The van der Waals surface area contributed by atoms with Crippen LogP contribution in [0.25, 0.3) is 10.8 Å². The fourth-order valence-corrected chi connectivity index (χ4v) is 2.85. The monoisotopic (exact) mass is 383 g/mol. The number of hydrogen-bond acceptors (Lipinski definition) is 4. The molecule has 0 spiro atoms. The van der Waals surface area contributed by atoms with Crippen molar-refractivity contribution in [3.05, 3.63) is 96.1 Å². The zero-order chi connectivity index (χ0) is 20.1. The molecule has 0 aliphatic heterocycles. The minimum atomic E-state index is -0.434. The number of hydrogen-bond donors (Lipinski definition) is 3. The van der Waals surface area contributed by atoms with Crippen molar-refractivity contribution in [1.82, 2.24) is 10.4 Å². The average Bonchev–Trinajstić information content (AvgIpc) is 3.15. The van der Waals surface area contributed by atoms with Gasteiger partial charge in [-0.1, -0.05) is 60.7 Å². The van der Waals surface area contributed by atoms with Crippen LogP contribution in [0.2, 0.25) is 0 Å². The van der Waals surface area contributed by atoms with Gasteiger partial charge in [-0.2, -0.15) is 0 Å². The van der Waals surface area contributed by atoms with E-state index in [0.717, 1.165) is 10.8 Å². The number of fused-ring (bicyclic) bond motifs is 1. The molecule has 3 N–H and O–H groups in total. The normalized spacial score (nSPS) is 10.9. The van der Waals surface area contributed by atoms with Crippen LogP contribution in [0.15, 0.2) is 95.2 Å². The Labute approximate surface area is 166 Å². The van der Waals surface area contributed by atoms with Gasteiger partial charge in [0.25, 0.3) is 11.8 Å². The van der Waals surface area contributed by atoms with E-state index in [1.54, 1.807) is 48.5 Å². The lowest BCUT2D eigenvalue weighted by atomic mass is 10.2. The molecule has 0 saturated heterocycles. The minimum Gasteiger partial charge on any atom is -0.323 e. The van der Waals surface area contributed by atoms with Gasteiger partial charge in [0.2, 0.25) is 0 Å². The van der Waals surface area contributed by atoms with Crippen LogP contribution in [0.3, 0.4) is 0 Å². The summed E-state index contributed by atoms with van der Waals surface area (Å²) < 4.78 is 0. The highest BCUT2D eigenvalue weighted by Crippen LogP contribution is 2.32. The zero-order valence-corrected chi connectivity index (χ0v) is 15.3. The number of nitrogens with zero attached hydrogens (tertiary/aromatic N) is 2. The van der Waals surface area contributed by atoms with Gasteiger partial charge < -0.3 is 4.98 Å². The second kappa shape index (κ2) is 8.18. The van der Waals surface area contributed by atoms with E-state index in [9.17, 15) is 9.59 Å². The van der Waals surface area contributed by atoms with E-state index in [4.69, 9.17) is 0 Å². The van der Waals surface area contributed by atoms with Crippen molar-refractivity contribution < 1.29 is 9.59 Å². The first-order valence-electron chi connectivity index (χ1n) is 8.95. The van der Waals surface area contributed by atoms with Gasteiger partial charge in [-0.3, -0.25) is 20.4 Å². The lowest BCUT2D eigenvalue weighted by molar-refractivity contribution is 0.0961. The van der Waals surface area contributed by atoms with E-state index < -0.39 is 5.91 Å². The Balaban J connectivity index is 1.56. The summed E-state index contributed by atoms with van der Waals surface area (Å²) in [6.07, 6.45) is 0. The molecule has 0 bridgehead atoms. The molecular formula is C22H17N5O2. The summed E-state index contributed by atoms with van der Waals surface area (Å²) in [5.74, 6) is 0.259. The first kappa shape index (κ1) is 18.1. The van der Waals surface area contributed by atoms with E-state index in [-0.39, 0.29) is 5.91 Å². The minimum absolute atomic E-state index is 0.272. The summed E-state index contributed by atoms with van der Waals surface area (Å²) in [4.78, 5) is 27.5. The first-order valence-corrected chi connectivity index (χ1v) is 8.95. The molecule has 1 heterocycles. The van der Waals surface area contributed by atoms with Crippen molar-refractivity contribution in [2.45, 2.75) is 0 Å². The molecule has 1 aromatic heterocycles. The number of aromatic amines is 1. The van der Waals surface area contributed by atoms with Gasteiger partial charge in [-0.25, -0.2) is 0 Å². The maximum absolute atomic E-state index is 12.3. The van der Waals surface area contributed by atoms with E-state index in [1.165, 1.54) is 0 Å². The highest BCUT2D eigenvalue weighted by Gasteiger charge is 2.12. The van der Waals surface area contributed by atoms with Crippen molar-refractivity contribution in [3.63, 3.8) is 0 Å². The van der Waals surface area contributed by atoms with Gasteiger partial charge in [-0.15, -0.1) is 10.2 Å². The first-order chi connectivity index (χ1) is 14.2. The molecule has 0 unspecified atom stereocenters. The maximum atomic E-state index is 12.3. The lowest BCUT2D eigenvalue weighted by Gasteiger charge is -2.07. The molecule has 7 heteroatoms. The van der Waals surface area contributed by atoms with Crippen molar-refractivity contribution in [2.75, 3.05) is 5.43 Å². The number of carbonyl (C=O) groups excluding carboxylic acids is 2. The van der Waals surface area contributed by atoms with Gasteiger partial charge in [0, 0.05) is 21.9 Å². The third kappa shape index (κ3) is 4.03. The van der Waals surface area contributed by atoms with Crippen molar-refractivity contribution in [3.8, 4) is 0 Å². The van der Waals surface area contributed by atoms with Crippen LogP contribution in [0, 0.1) is 0 Å². The smallest absolute Gasteiger partial charge is 0.295 e. The average molecular weight is 383 g/mol. The Bertz CT molecular complexity index is 1180. The molecule has 4 rings (SSSR count). The van der Waals surface area contributed by atoms with Crippen molar-refractivity contribution >= 4 is 34.2 Å². The summed E-state index contributed by atoms with van der Waals surface area (Å²) >= 11 is 0. The van der Waals surface area contributed by atoms with E-state index in [1.807, 2.05) is 36.4 Å². The van der Waals surface area contributed by atoms with E-state index in [2.05, 4.69) is 26.1 Å². The number of rotatable bonds is 5. The number of benzene rings is 3. The van der Waals surface area contributed by atoms with Crippen LogP contribution >= 0.6 is 0 Å². The molecule has 142 valence electrons. The summed E-state index contributed by atoms with van der Waals surface area (Å²) in [5, 5.41) is 9.47. The van der Waals surface area contributed by atoms with Crippen LogP contribution in [-0.4, -0.2) is 16.8 Å². The Kier molecular flexibility index (Phi) is 5.11. The summed E-state index contributed by atoms with van der Waals surface area (Å²) in [7, 11) is 0. The summed E-state index contributed by atoms with van der Waals surface area (Å²) in [6, 6.07) is 25.1. The highest BCUT2D eigenvalue weighted by molar-refractivity contribution is 6.02. The molecular weight excluding hydrogens is 366 g/mol. The Morgan fingerprint density at radius 2 is 1.31 bits per heavy atom. The number of aromatic nitrogens is 1. The second-order valence-corrected chi connectivity index (χ2v) is 6.21. The van der Waals surface area contributed by atoms with Crippen LogP contribution in [-0.2, 0) is 0 Å². The third-order valence-electron chi connectivity index (χ3n) is 4.29. The van der Waals surface area contributed by atoms with Crippen molar-refractivity contribution in [2.24, 2.45) is 10.2 Å². The molecule has 7 nitrogen and oxygen atoms in total. The third-order valence-corrected chi connectivity index (χ3v) is 4.29.